The van der Waals surface area contributed by atoms with Crippen molar-refractivity contribution in [1.82, 2.24) is 0 Å². The Hall–Kier alpha value is -2.34. The van der Waals surface area contributed by atoms with Crippen molar-refractivity contribution in [3.05, 3.63) is 102 Å². The van der Waals surface area contributed by atoms with Crippen LogP contribution < -0.4 is 0 Å². The first kappa shape index (κ1) is 12.7. The van der Waals surface area contributed by atoms with Crippen molar-refractivity contribution in [2.24, 2.45) is 0 Å². The van der Waals surface area contributed by atoms with Gasteiger partial charge in [-0.05, 0) is 17.5 Å². The highest BCUT2D eigenvalue weighted by molar-refractivity contribution is 5.53. The minimum atomic E-state index is 0.367. The van der Waals surface area contributed by atoms with E-state index in [-0.39, 0.29) is 0 Å². The van der Waals surface area contributed by atoms with Gasteiger partial charge in [0, 0.05) is 5.92 Å². The smallest absolute Gasteiger partial charge is 0.0237 e. The maximum atomic E-state index is 2.31. The van der Waals surface area contributed by atoms with Crippen LogP contribution >= 0.6 is 0 Å². The molecule has 0 heterocycles. The average molecular weight is 258 g/mol. The average Bonchev–Trinajstić information content (AvgIpc) is 3.04. The number of benzene rings is 2. The number of hydrogen-bond donors (Lipinski definition) is 0. The van der Waals surface area contributed by atoms with Gasteiger partial charge in [-0.2, -0.15) is 0 Å². The summed E-state index contributed by atoms with van der Waals surface area (Å²) in [5.41, 5.74) is 4.07. The topological polar surface area (TPSA) is 0 Å². The molecule has 0 saturated carbocycles. The molecule has 98 valence electrons. The lowest BCUT2D eigenvalue weighted by Crippen LogP contribution is -1.97. The van der Waals surface area contributed by atoms with Crippen LogP contribution in [0, 0.1) is 0 Å². The molecule has 1 atom stereocenters. The molecule has 0 N–H and O–H groups in total. The molecule has 0 spiro atoms. The summed E-state index contributed by atoms with van der Waals surface area (Å²) in [6, 6.07) is 21.2. The van der Waals surface area contributed by atoms with Crippen molar-refractivity contribution in [2.45, 2.75) is 12.3 Å². The van der Waals surface area contributed by atoms with E-state index in [0.717, 1.165) is 6.42 Å². The Kier molecular flexibility index (Phi) is 3.93. The molecular weight excluding hydrogens is 240 g/mol. The van der Waals surface area contributed by atoms with Crippen LogP contribution in [-0.2, 0) is 0 Å². The Labute approximate surface area is 120 Å². The monoisotopic (exact) mass is 258 g/mol. The van der Waals surface area contributed by atoms with Crippen LogP contribution in [0.3, 0.4) is 0 Å². The molecule has 1 aliphatic carbocycles. The van der Waals surface area contributed by atoms with Gasteiger partial charge < -0.3 is 0 Å². The van der Waals surface area contributed by atoms with Gasteiger partial charge in [0.2, 0.25) is 0 Å². The highest BCUT2D eigenvalue weighted by Gasteiger charge is 2.13. The quantitative estimate of drug-likeness (QED) is 0.691. The van der Waals surface area contributed by atoms with Crippen LogP contribution in [-0.4, -0.2) is 0 Å². The third-order valence-corrected chi connectivity index (χ3v) is 3.64. The van der Waals surface area contributed by atoms with Gasteiger partial charge in [-0.15, -0.1) is 0 Å². The lowest BCUT2D eigenvalue weighted by molar-refractivity contribution is 0.961. The van der Waals surface area contributed by atoms with Gasteiger partial charge in [0.15, 0.2) is 0 Å². The van der Waals surface area contributed by atoms with E-state index in [4.69, 9.17) is 0 Å². The van der Waals surface area contributed by atoms with Gasteiger partial charge in [0.05, 0.1) is 0 Å². The fourth-order valence-corrected chi connectivity index (χ4v) is 2.58. The summed E-state index contributed by atoms with van der Waals surface area (Å²) >= 11 is 0. The molecule has 0 radical (unpaired) electrons. The summed E-state index contributed by atoms with van der Waals surface area (Å²) < 4.78 is 0. The minimum absolute atomic E-state index is 0.367. The number of allylic oxidation sites excluding steroid dienone is 5. The number of rotatable bonds is 4. The summed E-state index contributed by atoms with van der Waals surface area (Å²) in [6.45, 7) is 0. The first-order valence-corrected chi connectivity index (χ1v) is 7.07. The molecular formula is C20H18. The summed E-state index contributed by atoms with van der Waals surface area (Å²) in [7, 11) is 0. The zero-order valence-corrected chi connectivity index (χ0v) is 11.4. The Morgan fingerprint density at radius 3 is 2.20 bits per heavy atom. The molecule has 0 saturated heterocycles. The molecule has 0 unspecified atom stereocenters. The molecule has 1 aliphatic rings. The molecule has 0 amide bonds. The van der Waals surface area contributed by atoms with Gasteiger partial charge in [0.1, 0.15) is 0 Å². The second-order valence-corrected chi connectivity index (χ2v) is 5.03. The molecule has 0 bridgehead atoms. The Morgan fingerprint density at radius 1 is 0.850 bits per heavy atom. The van der Waals surface area contributed by atoms with E-state index in [2.05, 4.69) is 91.0 Å². The van der Waals surface area contributed by atoms with Crippen LogP contribution in [0.15, 0.2) is 90.5 Å². The Balaban J connectivity index is 1.89. The van der Waals surface area contributed by atoms with Crippen molar-refractivity contribution < 1.29 is 0 Å². The number of hydrogen-bond acceptors (Lipinski definition) is 0. The minimum Gasteiger partial charge on any atom is -0.0804 e. The summed E-state index contributed by atoms with van der Waals surface area (Å²) in [4.78, 5) is 0. The van der Waals surface area contributed by atoms with E-state index in [0.29, 0.717) is 5.92 Å². The summed E-state index contributed by atoms with van der Waals surface area (Å²) in [5, 5.41) is 0. The lowest BCUT2D eigenvalue weighted by atomic mass is 9.89. The van der Waals surface area contributed by atoms with Gasteiger partial charge >= 0.3 is 0 Å². The molecule has 0 heteroatoms. The van der Waals surface area contributed by atoms with Crippen molar-refractivity contribution in [2.75, 3.05) is 0 Å². The van der Waals surface area contributed by atoms with Crippen molar-refractivity contribution in [1.29, 1.82) is 0 Å². The van der Waals surface area contributed by atoms with Crippen molar-refractivity contribution in [3.63, 3.8) is 0 Å². The Morgan fingerprint density at radius 2 is 1.55 bits per heavy atom. The third kappa shape index (κ3) is 2.97. The highest BCUT2D eigenvalue weighted by Crippen LogP contribution is 2.31. The van der Waals surface area contributed by atoms with Crippen LogP contribution in [0.1, 0.15) is 23.5 Å². The molecule has 2 aromatic carbocycles. The largest absolute Gasteiger partial charge is 0.0804 e. The second kappa shape index (κ2) is 6.21. The van der Waals surface area contributed by atoms with Gasteiger partial charge in [-0.1, -0.05) is 96.6 Å². The van der Waals surface area contributed by atoms with E-state index < -0.39 is 0 Å². The predicted molar refractivity (Wildman–Crippen MR) is 86.5 cm³/mol. The van der Waals surface area contributed by atoms with E-state index in [1.807, 2.05) is 0 Å². The first-order chi connectivity index (χ1) is 9.93. The van der Waals surface area contributed by atoms with E-state index in [1.54, 1.807) is 0 Å². The fraction of sp³-hybridized carbons (Fsp3) is 0.100. The predicted octanol–water partition coefficient (Wildman–Crippen LogP) is 5.37. The summed E-state index contributed by atoms with van der Waals surface area (Å²) in [5.74, 6) is 0.367. The van der Waals surface area contributed by atoms with E-state index in [9.17, 15) is 0 Å². The maximum absolute atomic E-state index is 2.31. The van der Waals surface area contributed by atoms with E-state index >= 15 is 0 Å². The zero-order valence-electron chi connectivity index (χ0n) is 11.4. The third-order valence-electron chi connectivity index (χ3n) is 3.64. The molecule has 0 nitrogen and oxygen atoms in total. The van der Waals surface area contributed by atoms with Gasteiger partial charge in [-0.25, -0.2) is 0 Å². The molecule has 0 aliphatic heterocycles. The van der Waals surface area contributed by atoms with Crippen LogP contribution in [0.4, 0.5) is 0 Å². The zero-order chi connectivity index (χ0) is 13.6. The van der Waals surface area contributed by atoms with Crippen molar-refractivity contribution in [3.8, 4) is 0 Å². The SMILES string of the molecule is C1=CCC([C@H](/C=C/c2ccccc2)c2ccccc2)=C1. The van der Waals surface area contributed by atoms with E-state index in [1.165, 1.54) is 16.7 Å². The van der Waals surface area contributed by atoms with Crippen LogP contribution in [0.25, 0.3) is 6.08 Å². The Bertz CT molecular complexity index is 630. The van der Waals surface area contributed by atoms with Gasteiger partial charge in [-0.3, -0.25) is 0 Å². The van der Waals surface area contributed by atoms with Crippen LogP contribution in [0.2, 0.25) is 0 Å². The molecule has 0 aromatic heterocycles. The molecule has 2 aromatic rings. The standard InChI is InChI=1S/C20H18/c1-3-9-17(10-4-1)15-16-20(19-13-7-8-14-19)18-11-5-2-6-12-18/h1-13,15-16,20H,14H2/b16-15+/t20-/m1/s1. The highest BCUT2D eigenvalue weighted by atomic mass is 14.2. The lowest BCUT2D eigenvalue weighted by Gasteiger charge is -2.15. The molecule has 3 rings (SSSR count). The first-order valence-electron chi connectivity index (χ1n) is 7.07. The van der Waals surface area contributed by atoms with Crippen LogP contribution in [0.5, 0.6) is 0 Å². The molecule has 20 heavy (non-hydrogen) atoms. The summed E-state index contributed by atoms with van der Waals surface area (Å²) in [6.07, 6.45) is 12.2. The maximum Gasteiger partial charge on any atom is 0.0237 e. The van der Waals surface area contributed by atoms with Crippen molar-refractivity contribution >= 4 is 6.08 Å². The fourth-order valence-electron chi connectivity index (χ4n) is 2.58. The second-order valence-electron chi connectivity index (χ2n) is 5.03. The van der Waals surface area contributed by atoms with Gasteiger partial charge in [0.25, 0.3) is 0 Å². The normalized spacial score (nSPS) is 15.5. The molecule has 0 fully saturated rings.